The lowest BCUT2D eigenvalue weighted by atomic mass is 10.0. The van der Waals surface area contributed by atoms with Gasteiger partial charge in [0.25, 0.3) is 0 Å². The fraction of sp³-hybridized carbons (Fsp3) is 0.316. The van der Waals surface area contributed by atoms with Gasteiger partial charge in [0.1, 0.15) is 6.04 Å². The van der Waals surface area contributed by atoms with E-state index >= 15 is 0 Å². The number of benzene rings is 2. The van der Waals surface area contributed by atoms with Crippen molar-refractivity contribution in [1.29, 1.82) is 0 Å². The Bertz CT molecular complexity index is 664. The lowest BCUT2D eigenvalue weighted by Crippen LogP contribution is -2.42. The molecule has 1 amide bonds. The molecule has 1 aliphatic rings. The number of nitrogens with one attached hydrogen (secondary N) is 3. The van der Waals surface area contributed by atoms with E-state index in [-0.39, 0.29) is 18.0 Å². The second kappa shape index (κ2) is 6.94. The van der Waals surface area contributed by atoms with Gasteiger partial charge in [-0.15, -0.1) is 0 Å². The van der Waals surface area contributed by atoms with E-state index in [1.807, 2.05) is 12.1 Å². The summed E-state index contributed by atoms with van der Waals surface area (Å²) in [5.41, 5.74) is 11.1. The number of hydrogen-bond donors (Lipinski definition) is 3. The molecule has 0 aromatic heterocycles. The van der Waals surface area contributed by atoms with Gasteiger partial charge in [-0.1, -0.05) is 59.7 Å². The zero-order valence-electron chi connectivity index (χ0n) is 13.6. The third-order valence-corrected chi connectivity index (χ3v) is 4.29. The third kappa shape index (κ3) is 3.97. The van der Waals surface area contributed by atoms with Gasteiger partial charge in [-0.05, 0) is 31.4 Å². The van der Waals surface area contributed by atoms with Gasteiger partial charge >= 0.3 is 0 Å². The molecule has 1 aliphatic heterocycles. The maximum atomic E-state index is 12.3. The Kier molecular flexibility index (Phi) is 4.74. The van der Waals surface area contributed by atoms with Gasteiger partial charge in [-0.3, -0.25) is 4.79 Å². The normalized spacial score (nSPS) is 20.4. The lowest BCUT2D eigenvalue weighted by molar-refractivity contribution is -0.123. The quantitative estimate of drug-likeness (QED) is 0.813. The molecule has 1 heterocycles. The Morgan fingerprint density at radius 1 is 1.00 bits per heavy atom. The van der Waals surface area contributed by atoms with Crippen molar-refractivity contribution in [3.63, 3.8) is 0 Å². The molecule has 1 saturated heterocycles. The Labute approximate surface area is 137 Å². The zero-order chi connectivity index (χ0) is 16.2. The van der Waals surface area contributed by atoms with Crippen molar-refractivity contribution in [2.75, 3.05) is 0 Å². The molecule has 2 aromatic carbocycles. The molecule has 4 heteroatoms. The first-order valence-electron chi connectivity index (χ1n) is 8.03. The van der Waals surface area contributed by atoms with Crippen molar-refractivity contribution in [1.82, 2.24) is 16.2 Å². The van der Waals surface area contributed by atoms with Crippen LogP contribution in [-0.4, -0.2) is 11.9 Å². The van der Waals surface area contributed by atoms with Gasteiger partial charge in [0.15, 0.2) is 0 Å². The lowest BCUT2D eigenvalue weighted by Gasteiger charge is -2.11. The molecule has 0 bridgehead atoms. The minimum absolute atomic E-state index is 0.0349. The summed E-state index contributed by atoms with van der Waals surface area (Å²) in [4.78, 5) is 12.3. The van der Waals surface area contributed by atoms with Gasteiger partial charge < -0.3 is 5.32 Å². The summed E-state index contributed by atoms with van der Waals surface area (Å²) >= 11 is 0. The third-order valence-electron chi connectivity index (χ3n) is 4.29. The number of aryl methyl sites for hydroxylation is 2. The highest BCUT2D eigenvalue weighted by Gasteiger charge is 2.29. The van der Waals surface area contributed by atoms with Crippen molar-refractivity contribution in [2.24, 2.45) is 0 Å². The van der Waals surface area contributed by atoms with Crippen molar-refractivity contribution < 1.29 is 4.79 Å². The summed E-state index contributed by atoms with van der Waals surface area (Å²) in [6, 6.07) is 16.6. The van der Waals surface area contributed by atoms with Crippen LogP contribution in [0, 0.1) is 13.8 Å². The topological polar surface area (TPSA) is 53.2 Å². The van der Waals surface area contributed by atoms with E-state index < -0.39 is 0 Å². The largest absolute Gasteiger partial charge is 0.351 e. The molecule has 0 radical (unpaired) electrons. The summed E-state index contributed by atoms with van der Waals surface area (Å²) in [6.45, 7) is 4.69. The van der Waals surface area contributed by atoms with Gasteiger partial charge in [-0.2, -0.15) is 0 Å². The van der Waals surface area contributed by atoms with E-state index in [0.717, 1.165) is 12.0 Å². The van der Waals surface area contributed by atoms with Gasteiger partial charge in [0.05, 0.1) is 0 Å². The molecule has 2 unspecified atom stereocenters. The van der Waals surface area contributed by atoms with Gasteiger partial charge in [0, 0.05) is 12.6 Å². The van der Waals surface area contributed by atoms with Crippen molar-refractivity contribution in [2.45, 2.75) is 38.9 Å². The predicted molar refractivity (Wildman–Crippen MR) is 91.6 cm³/mol. The highest BCUT2D eigenvalue weighted by Crippen LogP contribution is 2.22. The van der Waals surface area contributed by atoms with E-state index in [1.54, 1.807) is 0 Å². The zero-order valence-corrected chi connectivity index (χ0v) is 13.6. The van der Waals surface area contributed by atoms with E-state index in [1.165, 1.54) is 16.7 Å². The van der Waals surface area contributed by atoms with Crippen LogP contribution in [0.3, 0.4) is 0 Å². The number of rotatable bonds is 4. The van der Waals surface area contributed by atoms with Gasteiger partial charge in [0.2, 0.25) is 5.91 Å². The van der Waals surface area contributed by atoms with E-state index in [9.17, 15) is 4.79 Å². The smallest absolute Gasteiger partial charge is 0.238 e. The Morgan fingerprint density at radius 2 is 1.61 bits per heavy atom. The van der Waals surface area contributed by atoms with Crippen LogP contribution < -0.4 is 16.2 Å². The molecular weight excluding hydrogens is 286 g/mol. The van der Waals surface area contributed by atoms with Crippen LogP contribution in [0.2, 0.25) is 0 Å². The number of hydrogen-bond acceptors (Lipinski definition) is 3. The average Bonchev–Trinajstić information content (AvgIpc) is 3.05. The first-order valence-corrected chi connectivity index (χ1v) is 8.03. The fourth-order valence-electron chi connectivity index (χ4n) is 2.76. The molecule has 3 N–H and O–H groups in total. The van der Waals surface area contributed by atoms with E-state index in [0.29, 0.717) is 6.54 Å². The van der Waals surface area contributed by atoms with E-state index in [2.05, 4.69) is 66.4 Å². The minimum atomic E-state index is -0.202. The van der Waals surface area contributed by atoms with Crippen LogP contribution in [-0.2, 0) is 11.3 Å². The highest BCUT2D eigenvalue weighted by atomic mass is 16.2. The van der Waals surface area contributed by atoms with Crippen LogP contribution in [0.4, 0.5) is 0 Å². The fourth-order valence-corrected chi connectivity index (χ4v) is 2.76. The first-order chi connectivity index (χ1) is 11.1. The predicted octanol–water partition coefficient (Wildman–Crippen LogP) is 2.53. The summed E-state index contributed by atoms with van der Waals surface area (Å²) in [5.74, 6) is 0.0349. The Balaban J connectivity index is 1.53. The summed E-state index contributed by atoms with van der Waals surface area (Å²) < 4.78 is 0. The second-order valence-corrected chi connectivity index (χ2v) is 6.24. The molecule has 1 fully saturated rings. The first kappa shape index (κ1) is 15.7. The molecule has 0 saturated carbocycles. The molecule has 2 aromatic rings. The standard InChI is InChI=1S/C19H23N3O/c1-13-3-7-15(8-4-13)12-20-19(23)18-11-17(21-22-18)16-9-5-14(2)6-10-16/h3-10,17-18,21-22H,11-12H2,1-2H3,(H,20,23). The summed E-state index contributed by atoms with van der Waals surface area (Å²) in [5, 5.41) is 3.00. The maximum absolute atomic E-state index is 12.3. The van der Waals surface area contributed by atoms with Crippen LogP contribution in [0.25, 0.3) is 0 Å². The molecule has 2 atom stereocenters. The van der Waals surface area contributed by atoms with E-state index in [4.69, 9.17) is 0 Å². The van der Waals surface area contributed by atoms with Crippen molar-refractivity contribution >= 4 is 5.91 Å². The summed E-state index contributed by atoms with van der Waals surface area (Å²) in [7, 11) is 0. The summed E-state index contributed by atoms with van der Waals surface area (Å²) in [6.07, 6.45) is 0.753. The molecule has 3 rings (SSSR count). The van der Waals surface area contributed by atoms with Crippen LogP contribution in [0.15, 0.2) is 48.5 Å². The van der Waals surface area contributed by atoms with Crippen molar-refractivity contribution in [3.8, 4) is 0 Å². The Hall–Kier alpha value is -2.17. The molecular formula is C19H23N3O. The monoisotopic (exact) mass is 309 g/mol. The molecule has 120 valence electrons. The number of carbonyl (C=O) groups excluding carboxylic acids is 1. The molecule has 0 spiro atoms. The average molecular weight is 309 g/mol. The second-order valence-electron chi connectivity index (χ2n) is 6.24. The Morgan fingerprint density at radius 3 is 2.26 bits per heavy atom. The number of hydrazine groups is 1. The highest BCUT2D eigenvalue weighted by molar-refractivity contribution is 5.82. The van der Waals surface area contributed by atoms with Crippen LogP contribution >= 0.6 is 0 Å². The maximum Gasteiger partial charge on any atom is 0.238 e. The van der Waals surface area contributed by atoms with Crippen LogP contribution in [0.1, 0.15) is 34.7 Å². The van der Waals surface area contributed by atoms with Crippen molar-refractivity contribution in [3.05, 3.63) is 70.8 Å². The number of carbonyl (C=O) groups is 1. The van der Waals surface area contributed by atoms with Gasteiger partial charge in [-0.25, -0.2) is 10.9 Å². The molecule has 0 aliphatic carbocycles. The molecule has 4 nitrogen and oxygen atoms in total. The minimum Gasteiger partial charge on any atom is -0.351 e. The van der Waals surface area contributed by atoms with Crippen LogP contribution in [0.5, 0.6) is 0 Å². The SMILES string of the molecule is Cc1ccc(CNC(=O)C2CC(c3ccc(C)cc3)NN2)cc1. The molecule has 23 heavy (non-hydrogen) atoms. The number of amides is 1.